The predicted octanol–water partition coefficient (Wildman–Crippen LogP) is 2.64. The van der Waals surface area contributed by atoms with E-state index < -0.39 is 0 Å². The van der Waals surface area contributed by atoms with Crippen LogP contribution in [0.1, 0.15) is 16.9 Å². The second-order valence-corrected chi connectivity index (χ2v) is 4.59. The summed E-state index contributed by atoms with van der Waals surface area (Å²) >= 11 is 7.20. The summed E-state index contributed by atoms with van der Waals surface area (Å²) in [5.74, 6) is 0.500. The molecule has 78 valence electrons. The number of aryl methyl sites for hydroxylation is 1. The summed E-state index contributed by atoms with van der Waals surface area (Å²) < 4.78 is 0. The van der Waals surface area contributed by atoms with Crippen molar-refractivity contribution in [2.75, 3.05) is 12.9 Å². The zero-order valence-electron chi connectivity index (χ0n) is 8.42. The molecule has 1 amide bonds. The molecule has 0 fully saturated rings. The molecule has 0 aliphatic rings. The number of amides is 1. The second kappa shape index (κ2) is 5.37. The standard InChI is InChI=1S/C10H14ClNOS/c1-8-4-6-14-9(8)7-12(2)10(13)3-5-11/h4,6H,3,5,7H2,1-2H3. The summed E-state index contributed by atoms with van der Waals surface area (Å²) in [6, 6.07) is 2.07. The van der Waals surface area contributed by atoms with Gasteiger partial charge in [0.05, 0.1) is 6.54 Å². The Bertz CT molecular complexity index is 311. The summed E-state index contributed by atoms with van der Waals surface area (Å²) in [6.07, 6.45) is 0.419. The molecule has 1 aromatic rings. The average Bonchev–Trinajstić information content (AvgIpc) is 2.52. The van der Waals surface area contributed by atoms with E-state index in [1.54, 1.807) is 16.2 Å². The molecular formula is C10H14ClNOS. The van der Waals surface area contributed by atoms with E-state index in [2.05, 4.69) is 13.0 Å². The van der Waals surface area contributed by atoms with Gasteiger partial charge < -0.3 is 4.90 Å². The Hall–Kier alpha value is -0.540. The van der Waals surface area contributed by atoms with Crippen LogP contribution in [0.5, 0.6) is 0 Å². The topological polar surface area (TPSA) is 20.3 Å². The van der Waals surface area contributed by atoms with Crippen molar-refractivity contribution in [3.05, 3.63) is 21.9 Å². The Morgan fingerprint density at radius 1 is 1.64 bits per heavy atom. The fourth-order valence-corrected chi connectivity index (χ4v) is 2.26. The molecule has 1 heterocycles. The highest BCUT2D eigenvalue weighted by Crippen LogP contribution is 2.17. The minimum absolute atomic E-state index is 0.104. The Balaban J connectivity index is 2.52. The van der Waals surface area contributed by atoms with E-state index in [1.807, 2.05) is 12.4 Å². The molecule has 0 atom stereocenters. The van der Waals surface area contributed by atoms with Crippen LogP contribution in [-0.2, 0) is 11.3 Å². The van der Waals surface area contributed by atoms with Crippen LogP contribution in [0, 0.1) is 6.92 Å². The fraction of sp³-hybridized carbons (Fsp3) is 0.500. The maximum absolute atomic E-state index is 11.4. The molecule has 0 unspecified atom stereocenters. The molecule has 0 spiro atoms. The Morgan fingerprint density at radius 3 is 2.86 bits per heavy atom. The maximum atomic E-state index is 11.4. The minimum atomic E-state index is 0.104. The Kier molecular flexibility index (Phi) is 4.42. The molecule has 4 heteroatoms. The lowest BCUT2D eigenvalue weighted by Crippen LogP contribution is -2.26. The van der Waals surface area contributed by atoms with Gasteiger partial charge in [-0.1, -0.05) is 0 Å². The van der Waals surface area contributed by atoms with Crippen LogP contribution in [-0.4, -0.2) is 23.7 Å². The number of halogens is 1. The number of hydrogen-bond acceptors (Lipinski definition) is 2. The summed E-state index contributed by atoms with van der Waals surface area (Å²) in [6.45, 7) is 2.75. The van der Waals surface area contributed by atoms with Crippen molar-refractivity contribution < 1.29 is 4.79 Å². The molecule has 1 rings (SSSR count). The monoisotopic (exact) mass is 231 g/mol. The highest BCUT2D eigenvalue weighted by Gasteiger charge is 2.10. The molecule has 0 N–H and O–H groups in total. The van der Waals surface area contributed by atoms with Crippen LogP contribution >= 0.6 is 22.9 Å². The van der Waals surface area contributed by atoms with Gasteiger partial charge in [-0.05, 0) is 23.9 Å². The first-order valence-electron chi connectivity index (χ1n) is 4.48. The summed E-state index contributed by atoms with van der Waals surface area (Å²) in [5.41, 5.74) is 1.25. The van der Waals surface area contributed by atoms with Crippen LogP contribution in [0.3, 0.4) is 0 Å². The highest BCUT2D eigenvalue weighted by molar-refractivity contribution is 7.10. The predicted molar refractivity (Wildman–Crippen MR) is 60.9 cm³/mol. The third-order valence-electron chi connectivity index (χ3n) is 2.08. The fourth-order valence-electron chi connectivity index (χ4n) is 1.14. The van der Waals surface area contributed by atoms with Gasteiger partial charge in [-0.3, -0.25) is 4.79 Å². The van der Waals surface area contributed by atoms with Crippen molar-refractivity contribution in [2.45, 2.75) is 19.9 Å². The molecule has 14 heavy (non-hydrogen) atoms. The van der Waals surface area contributed by atoms with Gasteiger partial charge in [0.2, 0.25) is 5.91 Å². The largest absolute Gasteiger partial charge is 0.341 e. The van der Waals surface area contributed by atoms with E-state index >= 15 is 0 Å². The molecule has 1 aromatic heterocycles. The van der Waals surface area contributed by atoms with Gasteiger partial charge in [-0.15, -0.1) is 22.9 Å². The molecule has 0 aromatic carbocycles. The van der Waals surface area contributed by atoms with E-state index in [-0.39, 0.29) is 5.91 Å². The van der Waals surface area contributed by atoms with E-state index in [0.29, 0.717) is 18.8 Å². The molecule has 0 radical (unpaired) electrons. The van der Waals surface area contributed by atoms with Crippen LogP contribution < -0.4 is 0 Å². The first kappa shape index (κ1) is 11.5. The Labute approximate surface area is 93.5 Å². The van der Waals surface area contributed by atoms with Crippen molar-refractivity contribution in [3.63, 3.8) is 0 Å². The third-order valence-corrected chi connectivity index (χ3v) is 3.28. The van der Waals surface area contributed by atoms with Crippen molar-refractivity contribution >= 4 is 28.8 Å². The lowest BCUT2D eigenvalue weighted by molar-refractivity contribution is -0.129. The van der Waals surface area contributed by atoms with Gasteiger partial charge in [0, 0.05) is 24.2 Å². The van der Waals surface area contributed by atoms with E-state index in [0.717, 1.165) is 0 Å². The van der Waals surface area contributed by atoms with Gasteiger partial charge in [0.25, 0.3) is 0 Å². The number of thiophene rings is 1. The highest BCUT2D eigenvalue weighted by atomic mass is 35.5. The number of alkyl halides is 1. The third kappa shape index (κ3) is 3.00. The van der Waals surface area contributed by atoms with Crippen LogP contribution in [0.15, 0.2) is 11.4 Å². The Morgan fingerprint density at radius 2 is 2.36 bits per heavy atom. The second-order valence-electron chi connectivity index (χ2n) is 3.22. The number of carbonyl (C=O) groups excluding carboxylic acids is 1. The van der Waals surface area contributed by atoms with Crippen LogP contribution in [0.25, 0.3) is 0 Å². The quantitative estimate of drug-likeness (QED) is 0.730. The average molecular weight is 232 g/mol. The van der Waals surface area contributed by atoms with Crippen molar-refractivity contribution in [1.82, 2.24) is 4.90 Å². The van der Waals surface area contributed by atoms with Gasteiger partial charge in [-0.2, -0.15) is 0 Å². The normalized spacial score (nSPS) is 10.2. The summed E-state index contributed by atoms with van der Waals surface area (Å²) in [4.78, 5) is 14.4. The summed E-state index contributed by atoms with van der Waals surface area (Å²) in [7, 11) is 1.81. The molecule has 0 saturated carbocycles. The lowest BCUT2D eigenvalue weighted by Gasteiger charge is -2.16. The lowest BCUT2D eigenvalue weighted by atomic mass is 10.3. The summed E-state index contributed by atoms with van der Waals surface area (Å²) in [5, 5.41) is 2.05. The SMILES string of the molecule is Cc1ccsc1CN(C)C(=O)CCCl. The molecule has 0 saturated heterocycles. The van der Waals surface area contributed by atoms with Crippen molar-refractivity contribution in [2.24, 2.45) is 0 Å². The maximum Gasteiger partial charge on any atom is 0.223 e. The van der Waals surface area contributed by atoms with Gasteiger partial charge in [0.15, 0.2) is 0 Å². The molecule has 2 nitrogen and oxygen atoms in total. The number of rotatable bonds is 4. The van der Waals surface area contributed by atoms with Gasteiger partial charge in [-0.25, -0.2) is 0 Å². The van der Waals surface area contributed by atoms with E-state index in [4.69, 9.17) is 11.6 Å². The molecule has 0 aliphatic heterocycles. The first-order chi connectivity index (χ1) is 6.65. The zero-order valence-corrected chi connectivity index (χ0v) is 9.99. The van der Waals surface area contributed by atoms with Gasteiger partial charge >= 0.3 is 0 Å². The molecule has 0 bridgehead atoms. The van der Waals surface area contributed by atoms with Crippen LogP contribution in [0.2, 0.25) is 0 Å². The number of carbonyl (C=O) groups is 1. The smallest absolute Gasteiger partial charge is 0.223 e. The molecular weight excluding hydrogens is 218 g/mol. The van der Waals surface area contributed by atoms with Crippen LogP contribution in [0.4, 0.5) is 0 Å². The van der Waals surface area contributed by atoms with E-state index in [1.165, 1.54) is 10.4 Å². The first-order valence-corrected chi connectivity index (χ1v) is 5.89. The van der Waals surface area contributed by atoms with Crippen molar-refractivity contribution in [1.29, 1.82) is 0 Å². The van der Waals surface area contributed by atoms with Gasteiger partial charge in [0.1, 0.15) is 0 Å². The minimum Gasteiger partial charge on any atom is -0.341 e. The van der Waals surface area contributed by atoms with Crippen molar-refractivity contribution in [3.8, 4) is 0 Å². The zero-order chi connectivity index (χ0) is 10.6. The number of hydrogen-bond donors (Lipinski definition) is 0. The number of nitrogens with zero attached hydrogens (tertiary/aromatic N) is 1. The molecule has 0 aliphatic carbocycles. The van der Waals surface area contributed by atoms with E-state index in [9.17, 15) is 4.79 Å².